The van der Waals surface area contributed by atoms with E-state index in [1.165, 1.54) is 23.5 Å². The topological polar surface area (TPSA) is 49.2 Å². The van der Waals surface area contributed by atoms with Gasteiger partial charge in [0.05, 0.1) is 5.60 Å². The average molecular weight is 309 g/mol. The van der Waals surface area contributed by atoms with Crippen LogP contribution in [0.2, 0.25) is 0 Å². The maximum Gasteiger partial charge on any atom is 0.208 e. The zero-order chi connectivity index (χ0) is 15.5. The predicted molar refractivity (Wildman–Crippen MR) is 83.3 cm³/mol. The van der Waals surface area contributed by atoms with Gasteiger partial charge in [0, 0.05) is 19.5 Å². The van der Waals surface area contributed by atoms with Crippen LogP contribution in [-0.4, -0.2) is 34.0 Å². The van der Waals surface area contributed by atoms with Gasteiger partial charge in [0.1, 0.15) is 10.8 Å². The van der Waals surface area contributed by atoms with Crippen molar-refractivity contribution in [1.29, 1.82) is 0 Å². The maximum absolute atomic E-state index is 12.9. The number of rotatable bonds is 6. The van der Waals surface area contributed by atoms with Gasteiger partial charge in [-0.25, -0.2) is 4.39 Å². The van der Waals surface area contributed by atoms with Gasteiger partial charge in [-0.05, 0) is 38.5 Å². The molecule has 2 rings (SSSR count). The van der Waals surface area contributed by atoms with Gasteiger partial charge in [-0.15, -0.1) is 10.2 Å². The van der Waals surface area contributed by atoms with Crippen LogP contribution in [0.15, 0.2) is 24.3 Å². The minimum absolute atomic E-state index is 0.237. The zero-order valence-corrected chi connectivity index (χ0v) is 13.3. The summed E-state index contributed by atoms with van der Waals surface area (Å²) in [7, 11) is 0. The highest BCUT2D eigenvalue weighted by atomic mass is 32.1. The summed E-state index contributed by atoms with van der Waals surface area (Å²) >= 11 is 1.50. The van der Waals surface area contributed by atoms with Gasteiger partial charge in [0.15, 0.2) is 0 Å². The lowest BCUT2D eigenvalue weighted by atomic mass is 10.1. The summed E-state index contributed by atoms with van der Waals surface area (Å²) in [6, 6.07) is 6.41. The van der Waals surface area contributed by atoms with Gasteiger partial charge in [-0.3, -0.25) is 0 Å². The Balaban J connectivity index is 2.08. The molecule has 0 saturated carbocycles. The summed E-state index contributed by atoms with van der Waals surface area (Å²) in [4.78, 5) is 2.01. The van der Waals surface area contributed by atoms with Gasteiger partial charge in [0.2, 0.25) is 5.13 Å². The first-order chi connectivity index (χ1) is 9.87. The molecule has 1 aromatic carbocycles. The van der Waals surface area contributed by atoms with Crippen molar-refractivity contribution in [2.75, 3.05) is 18.0 Å². The Kier molecular flexibility index (Phi) is 4.90. The lowest BCUT2D eigenvalue weighted by Crippen LogP contribution is -2.38. The summed E-state index contributed by atoms with van der Waals surface area (Å²) in [6.07, 6.45) is 0.637. The van der Waals surface area contributed by atoms with Crippen LogP contribution in [0.25, 0.3) is 0 Å². The second-order valence-corrected chi connectivity index (χ2v) is 6.65. The monoisotopic (exact) mass is 309 g/mol. The number of likely N-dealkylation sites (N-methyl/N-ethyl adjacent to an activating group) is 1. The number of hydrogen-bond donors (Lipinski definition) is 1. The van der Waals surface area contributed by atoms with Gasteiger partial charge in [-0.2, -0.15) is 0 Å². The van der Waals surface area contributed by atoms with Crippen molar-refractivity contribution in [3.63, 3.8) is 0 Å². The molecule has 1 aromatic heterocycles. The van der Waals surface area contributed by atoms with E-state index in [1.807, 2.05) is 11.8 Å². The van der Waals surface area contributed by atoms with Gasteiger partial charge in [-0.1, -0.05) is 23.5 Å². The third kappa shape index (κ3) is 4.75. The highest BCUT2D eigenvalue weighted by Crippen LogP contribution is 2.23. The average Bonchev–Trinajstić information content (AvgIpc) is 2.86. The fourth-order valence-electron chi connectivity index (χ4n) is 2.00. The molecule has 0 aliphatic heterocycles. The van der Waals surface area contributed by atoms with Crippen molar-refractivity contribution < 1.29 is 9.50 Å². The minimum Gasteiger partial charge on any atom is -0.389 e. The smallest absolute Gasteiger partial charge is 0.208 e. The van der Waals surface area contributed by atoms with E-state index in [-0.39, 0.29) is 5.82 Å². The van der Waals surface area contributed by atoms with Crippen LogP contribution >= 0.6 is 11.3 Å². The molecule has 0 atom stereocenters. The van der Waals surface area contributed by atoms with Crippen LogP contribution in [-0.2, 0) is 6.42 Å². The SMILES string of the molecule is CCN(CC(C)(C)O)c1nnc(Cc2ccc(F)cc2)s1. The van der Waals surface area contributed by atoms with E-state index in [0.717, 1.165) is 22.2 Å². The zero-order valence-electron chi connectivity index (χ0n) is 12.5. The lowest BCUT2D eigenvalue weighted by Gasteiger charge is -2.27. The van der Waals surface area contributed by atoms with Crippen molar-refractivity contribution in [2.45, 2.75) is 32.8 Å². The van der Waals surface area contributed by atoms with Crippen molar-refractivity contribution in [3.05, 3.63) is 40.7 Å². The molecule has 1 N–H and O–H groups in total. The Morgan fingerprint density at radius 1 is 1.24 bits per heavy atom. The molecule has 0 fully saturated rings. The van der Waals surface area contributed by atoms with Crippen molar-refractivity contribution in [3.8, 4) is 0 Å². The molecule has 0 aliphatic carbocycles. The molecule has 0 amide bonds. The van der Waals surface area contributed by atoms with E-state index >= 15 is 0 Å². The van der Waals surface area contributed by atoms with E-state index in [1.54, 1.807) is 26.0 Å². The Morgan fingerprint density at radius 3 is 2.48 bits per heavy atom. The molecule has 0 bridgehead atoms. The lowest BCUT2D eigenvalue weighted by molar-refractivity contribution is 0.0875. The normalized spacial score (nSPS) is 11.7. The maximum atomic E-state index is 12.9. The molecule has 0 saturated heterocycles. The Labute approximate surface area is 128 Å². The highest BCUT2D eigenvalue weighted by Gasteiger charge is 2.20. The quantitative estimate of drug-likeness (QED) is 0.891. The van der Waals surface area contributed by atoms with E-state index in [4.69, 9.17) is 0 Å². The fraction of sp³-hybridized carbons (Fsp3) is 0.467. The molecule has 4 nitrogen and oxygen atoms in total. The summed E-state index contributed by atoms with van der Waals surface area (Å²) in [5.41, 5.74) is 0.225. The Morgan fingerprint density at radius 2 is 1.90 bits per heavy atom. The molecule has 0 unspecified atom stereocenters. The third-order valence-corrected chi connectivity index (χ3v) is 3.94. The summed E-state index contributed by atoms with van der Waals surface area (Å²) in [5, 5.41) is 20.0. The van der Waals surface area contributed by atoms with Crippen LogP contribution in [0.1, 0.15) is 31.3 Å². The number of anilines is 1. The molecular weight excluding hydrogens is 289 g/mol. The number of halogens is 1. The van der Waals surface area contributed by atoms with Crippen LogP contribution in [0, 0.1) is 5.82 Å². The number of nitrogens with zero attached hydrogens (tertiary/aromatic N) is 3. The van der Waals surface area contributed by atoms with Crippen LogP contribution in [0.4, 0.5) is 9.52 Å². The van der Waals surface area contributed by atoms with E-state index < -0.39 is 5.60 Å². The first-order valence-electron chi connectivity index (χ1n) is 6.91. The standard InChI is InChI=1S/C15H20FN3OS/c1-4-19(10-15(2,3)20)14-18-17-13(21-14)9-11-5-7-12(16)8-6-11/h5-8,20H,4,9-10H2,1-3H3. The van der Waals surface area contributed by atoms with Crippen LogP contribution in [0.5, 0.6) is 0 Å². The van der Waals surface area contributed by atoms with Crippen LogP contribution < -0.4 is 4.90 Å². The largest absolute Gasteiger partial charge is 0.389 e. The first-order valence-corrected chi connectivity index (χ1v) is 7.73. The third-order valence-electron chi connectivity index (χ3n) is 2.95. The minimum atomic E-state index is -0.779. The van der Waals surface area contributed by atoms with E-state index in [0.29, 0.717) is 13.0 Å². The summed E-state index contributed by atoms with van der Waals surface area (Å²) < 4.78 is 12.9. The number of aliphatic hydroxyl groups is 1. The predicted octanol–water partition coefficient (Wildman–Crippen LogP) is 2.87. The van der Waals surface area contributed by atoms with Gasteiger partial charge in [0.25, 0.3) is 0 Å². The molecule has 6 heteroatoms. The molecule has 2 aromatic rings. The second-order valence-electron chi connectivity index (χ2n) is 5.61. The highest BCUT2D eigenvalue weighted by molar-refractivity contribution is 7.15. The first kappa shape index (κ1) is 15.9. The van der Waals surface area contributed by atoms with E-state index in [2.05, 4.69) is 10.2 Å². The van der Waals surface area contributed by atoms with Crippen LogP contribution in [0.3, 0.4) is 0 Å². The fourth-order valence-corrected chi connectivity index (χ4v) is 2.94. The molecule has 0 aliphatic rings. The summed E-state index contributed by atoms with van der Waals surface area (Å²) in [6.45, 7) is 6.84. The Hall–Kier alpha value is -1.53. The van der Waals surface area contributed by atoms with Crippen molar-refractivity contribution >= 4 is 16.5 Å². The summed E-state index contributed by atoms with van der Waals surface area (Å²) in [5.74, 6) is -0.237. The van der Waals surface area contributed by atoms with Gasteiger partial charge < -0.3 is 10.0 Å². The number of hydrogen-bond acceptors (Lipinski definition) is 5. The number of aromatic nitrogens is 2. The molecular formula is C15H20FN3OS. The Bertz CT molecular complexity index is 577. The molecule has 0 spiro atoms. The second kappa shape index (κ2) is 6.49. The van der Waals surface area contributed by atoms with Crippen molar-refractivity contribution in [2.24, 2.45) is 0 Å². The van der Waals surface area contributed by atoms with E-state index in [9.17, 15) is 9.50 Å². The molecule has 1 heterocycles. The van der Waals surface area contributed by atoms with Crippen molar-refractivity contribution in [1.82, 2.24) is 10.2 Å². The molecule has 114 valence electrons. The van der Waals surface area contributed by atoms with Gasteiger partial charge >= 0.3 is 0 Å². The molecule has 21 heavy (non-hydrogen) atoms. The number of benzene rings is 1. The molecule has 0 radical (unpaired) electrons.